The van der Waals surface area contributed by atoms with Crippen molar-refractivity contribution in [3.05, 3.63) is 71.8 Å². The van der Waals surface area contributed by atoms with Gasteiger partial charge in [0.25, 0.3) is 0 Å². The van der Waals surface area contributed by atoms with Crippen molar-refractivity contribution < 1.29 is 28.7 Å². The minimum atomic E-state index is -1.08. The Bertz CT molecular complexity index is 1400. The lowest BCUT2D eigenvalue weighted by Crippen LogP contribution is -2.54. The Hall–Kier alpha value is -3.68. The number of carbonyl (C=O) groups excluding carboxylic acids is 4. The van der Waals surface area contributed by atoms with Crippen LogP contribution in [-0.4, -0.2) is 35.8 Å². The van der Waals surface area contributed by atoms with Gasteiger partial charge < -0.3 is 20.1 Å². The van der Waals surface area contributed by atoms with Gasteiger partial charge in [0.05, 0.1) is 0 Å². The van der Waals surface area contributed by atoms with Crippen molar-refractivity contribution in [2.24, 2.45) is 5.92 Å². The first-order chi connectivity index (χ1) is 30.3. The van der Waals surface area contributed by atoms with Crippen molar-refractivity contribution in [1.29, 1.82) is 0 Å². The maximum atomic E-state index is 13.5. The zero-order valence-corrected chi connectivity index (χ0v) is 39.6. The first-order valence-corrected chi connectivity index (χ1v) is 25.3. The van der Waals surface area contributed by atoms with Crippen molar-refractivity contribution in [2.75, 3.05) is 0 Å². The molecule has 2 atom stereocenters. The van der Waals surface area contributed by atoms with Gasteiger partial charge in [-0.25, -0.2) is 4.79 Å². The van der Waals surface area contributed by atoms with E-state index in [0.717, 1.165) is 30.4 Å². The highest BCUT2D eigenvalue weighted by Gasteiger charge is 2.30. The molecule has 0 aliphatic carbocycles. The van der Waals surface area contributed by atoms with Crippen LogP contribution in [0.4, 0.5) is 0 Å². The number of hydrogen-bond acceptors (Lipinski definition) is 6. The summed E-state index contributed by atoms with van der Waals surface area (Å²) in [7, 11) is 0. The summed E-state index contributed by atoms with van der Waals surface area (Å²) in [5.41, 5.74) is 1.66. The van der Waals surface area contributed by atoms with Gasteiger partial charge in [0.2, 0.25) is 11.8 Å². The minimum Gasteiger partial charge on any atom is -0.461 e. The van der Waals surface area contributed by atoms with Gasteiger partial charge in [-0.2, -0.15) is 0 Å². The zero-order valence-electron chi connectivity index (χ0n) is 39.6. The maximum absolute atomic E-state index is 13.5. The normalized spacial score (nSPS) is 12.2. The second-order valence-electron chi connectivity index (χ2n) is 18.1. The average molecular weight is 861 g/mol. The number of esters is 2. The molecule has 2 amide bonds. The molecule has 0 unspecified atom stereocenters. The highest BCUT2D eigenvalue weighted by Crippen LogP contribution is 2.17. The van der Waals surface area contributed by atoms with E-state index in [4.69, 9.17) is 9.47 Å². The highest BCUT2D eigenvalue weighted by atomic mass is 16.5. The predicted molar refractivity (Wildman–Crippen MR) is 255 cm³/mol. The summed E-state index contributed by atoms with van der Waals surface area (Å²) in [6, 6.07) is 16.7. The smallest absolute Gasteiger partial charge is 0.328 e. The van der Waals surface area contributed by atoms with Crippen LogP contribution in [-0.2, 0) is 41.9 Å². The number of amides is 2. The van der Waals surface area contributed by atoms with Gasteiger partial charge in [0.15, 0.2) is 0 Å². The fourth-order valence-corrected chi connectivity index (χ4v) is 7.97. The second-order valence-corrected chi connectivity index (χ2v) is 18.1. The standard InChI is InChI=1S/C54H88N2O6/c1-4-5-6-7-8-9-10-11-12-13-14-15-16-17-18-19-20-21-22-23-24-25-26-27-28-29-36-41-50(57)56-52(46(2)3)53(59)55-49(54(60)62-45-48-39-34-31-35-40-48)42-43-51(58)61-44-47-37-32-30-33-38-47/h30-35,37-40,46,49,52H,4-29,36,41-45H2,1-3H3,(H,55,59)(H,56,57)/t49-,52-/m1/s1. The second kappa shape index (κ2) is 37.8. The largest absolute Gasteiger partial charge is 0.461 e. The molecule has 0 radical (unpaired) electrons. The van der Waals surface area contributed by atoms with E-state index < -0.39 is 29.9 Å². The lowest BCUT2D eigenvalue weighted by atomic mass is 10.0. The van der Waals surface area contributed by atoms with Crippen LogP contribution in [0.3, 0.4) is 0 Å². The molecular weight excluding hydrogens is 773 g/mol. The lowest BCUT2D eigenvalue weighted by molar-refractivity contribution is -0.151. The third kappa shape index (κ3) is 29.6. The quantitative estimate of drug-likeness (QED) is 0.0510. The molecule has 0 heterocycles. The minimum absolute atomic E-state index is 0.00532. The summed E-state index contributed by atoms with van der Waals surface area (Å²) in [5.74, 6) is -2.00. The number of nitrogens with one attached hydrogen (secondary N) is 2. The van der Waals surface area contributed by atoms with E-state index in [1.54, 1.807) is 0 Å². The van der Waals surface area contributed by atoms with Crippen molar-refractivity contribution in [3.63, 3.8) is 0 Å². The molecule has 0 spiro atoms. The van der Waals surface area contributed by atoms with Crippen LogP contribution >= 0.6 is 0 Å². The van der Waals surface area contributed by atoms with Crippen molar-refractivity contribution in [1.82, 2.24) is 10.6 Å². The third-order valence-electron chi connectivity index (χ3n) is 12.0. The van der Waals surface area contributed by atoms with E-state index in [9.17, 15) is 19.2 Å². The number of unbranched alkanes of at least 4 members (excludes halogenated alkanes) is 26. The molecule has 350 valence electrons. The Labute approximate surface area is 378 Å². The Morgan fingerprint density at radius 1 is 0.468 bits per heavy atom. The van der Waals surface area contributed by atoms with Crippen molar-refractivity contribution in [3.8, 4) is 0 Å². The van der Waals surface area contributed by atoms with Gasteiger partial charge in [-0.1, -0.05) is 248 Å². The van der Waals surface area contributed by atoms with Crippen LogP contribution in [0.5, 0.6) is 0 Å². The molecule has 2 aromatic carbocycles. The van der Waals surface area contributed by atoms with Gasteiger partial charge in [-0.15, -0.1) is 0 Å². The van der Waals surface area contributed by atoms with Gasteiger partial charge in [-0.3, -0.25) is 14.4 Å². The molecule has 0 saturated heterocycles. The topological polar surface area (TPSA) is 111 Å². The van der Waals surface area contributed by atoms with Gasteiger partial charge in [-0.05, 0) is 29.9 Å². The molecule has 2 rings (SSSR count). The third-order valence-corrected chi connectivity index (χ3v) is 12.0. The zero-order chi connectivity index (χ0) is 44.7. The molecule has 0 bridgehead atoms. The maximum Gasteiger partial charge on any atom is 0.328 e. The summed E-state index contributed by atoms with van der Waals surface area (Å²) in [4.78, 5) is 52.3. The van der Waals surface area contributed by atoms with E-state index >= 15 is 0 Å². The number of rotatable bonds is 40. The molecule has 8 nitrogen and oxygen atoms in total. The summed E-state index contributed by atoms with van der Waals surface area (Å²) in [5, 5.41) is 5.67. The fraction of sp³-hybridized carbons (Fsp3) is 0.704. The monoisotopic (exact) mass is 861 g/mol. The fourth-order valence-electron chi connectivity index (χ4n) is 7.97. The number of benzene rings is 2. The Balaban J connectivity index is 1.52. The Morgan fingerprint density at radius 2 is 0.839 bits per heavy atom. The van der Waals surface area contributed by atoms with Gasteiger partial charge >= 0.3 is 11.9 Å². The van der Waals surface area contributed by atoms with Crippen LogP contribution < -0.4 is 10.6 Å². The highest BCUT2D eigenvalue weighted by molar-refractivity contribution is 5.91. The number of hydrogen-bond donors (Lipinski definition) is 2. The van der Waals surface area contributed by atoms with E-state index in [2.05, 4.69) is 17.6 Å². The summed E-state index contributed by atoms with van der Waals surface area (Å²) < 4.78 is 10.9. The summed E-state index contributed by atoms with van der Waals surface area (Å²) in [6.07, 6.45) is 36.6. The van der Waals surface area contributed by atoms with Crippen LogP contribution in [0.1, 0.15) is 225 Å². The predicted octanol–water partition coefficient (Wildman–Crippen LogP) is 13.8. The Morgan fingerprint density at radius 3 is 1.23 bits per heavy atom. The lowest BCUT2D eigenvalue weighted by Gasteiger charge is -2.25. The van der Waals surface area contributed by atoms with Crippen LogP contribution in [0.15, 0.2) is 60.7 Å². The molecule has 2 aromatic rings. The van der Waals surface area contributed by atoms with Crippen molar-refractivity contribution >= 4 is 23.8 Å². The molecule has 0 fully saturated rings. The molecule has 0 saturated carbocycles. The molecule has 2 N–H and O–H groups in total. The molecule has 8 heteroatoms. The molecular formula is C54H88N2O6. The van der Waals surface area contributed by atoms with E-state index in [-0.39, 0.29) is 37.9 Å². The van der Waals surface area contributed by atoms with E-state index in [0.29, 0.717) is 6.42 Å². The van der Waals surface area contributed by atoms with Crippen LogP contribution in [0, 0.1) is 5.92 Å². The SMILES string of the molecule is CCCCCCCCCCCCCCCCCCCCCCCCCCCCCC(=O)N[C@@H](C(=O)N[C@H](CCC(=O)OCc1ccccc1)C(=O)OCc1ccccc1)C(C)C. The average Bonchev–Trinajstić information content (AvgIpc) is 3.28. The van der Waals surface area contributed by atoms with Gasteiger partial charge in [0.1, 0.15) is 25.3 Å². The first kappa shape index (κ1) is 54.5. The number of carbonyl (C=O) groups is 4. The van der Waals surface area contributed by atoms with E-state index in [1.807, 2.05) is 74.5 Å². The molecule has 0 aromatic heterocycles. The van der Waals surface area contributed by atoms with E-state index in [1.165, 1.54) is 154 Å². The Kier molecular flexibility index (Phi) is 33.2. The molecule has 62 heavy (non-hydrogen) atoms. The summed E-state index contributed by atoms with van der Waals surface area (Å²) >= 11 is 0. The number of ether oxygens (including phenoxy) is 2. The summed E-state index contributed by atoms with van der Waals surface area (Å²) in [6.45, 7) is 6.16. The molecule has 0 aliphatic heterocycles. The van der Waals surface area contributed by atoms with Crippen LogP contribution in [0.2, 0.25) is 0 Å². The van der Waals surface area contributed by atoms with Crippen LogP contribution in [0.25, 0.3) is 0 Å². The molecule has 0 aliphatic rings. The van der Waals surface area contributed by atoms with Gasteiger partial charge in [0, 0.05) is 12.8 Å². The van der Waals surface area contributed by atoms with Crippen molar-refractivity contribution in [2.45, 2.75) is 239 Å². The first-order valence-electron chi connectivity index (χ1n) is 25.3.